The van der Waals surface area contributed by atoms with Crippen LogP contribution >= 0.6 is 12.2 Å². The molecule has 0 radical (unpaired) electrons. The number of ether oxygens (including phenoxy) is 1. The summed E-state index contributed by atoms with van der Waals surface area (Å²) < 4.78 is 5.54. The van der Waals surface area contributed by atoms with Crippen molar-refractivity contribution >= 4 is 23.0 Å². The Morgan fingerprint density at radius 1 is 1.61 bits per heavy atom. The van der Waals surface area contributed by atoms with Gasteiger partial charge in [-0.15, -0.1) is 0 Å². The van der Waals surface area contributed by atoms with Crippen LogP contribution in [0.2, 0.25) is 0 Å². The van der Waals surface area contributed by atoms with Crippen LogP contribution in [0.15, 0.2) is 12.3 Å². The first kappa shape index (κ1) is 13.2. The van der Waals surface area contributed by atoms with Crippen molar-refractivity contribution in [3.8, 4) is 0 Å². The van der Waals surface area contributed by atoms with Gasteiger partial charge in [0, 0.05) is 18.8 Å². The van der Waals surface area contributed by atoms with Gasteiger partial charge in [0.25, 0.3) is 0 Å². The average molecular weight is 265 g/mol. The lowest BCUT2D eigenvalue weighted by Gasteiger charge is -2.36. The Bertz CT molecular complexity index is 444. The summed E-state index contributed by atoms with van der Waals surface area (Å²) >= 11 is 5.08. The van der Waals surface area contributed by atoms with Gasteiger partial charge in [0.15, 0.2) is 0 Å². The zero-order valence-electron chi connectivity index (χ0n) is 10.8. The molecule has 0 unspecified atom stereocenters. The van der Waals surface area contributed by atoms with Gasteiger partial charge < -0.3 is 15.8 Å². The Hall–Kier alpha value is -1.20. The number of nitrogens with two attached hydrogens (primary N) is 1. The summed E-state index contributed by atoms with van der Waals surface area (Å²) in [5, 5.41) is 3.40. The number of anilines is 1. The summed E-state index contributed by atoms with van der Waals surface area (Å²) in [7, 11) is 0. The van der Waals surface area contributed by atoms with Crippen molar-refractivity contribution in [2.45, 2.75) is 38.8 Å². The SMILES string of the molecule is CCOC1CC(Nc2nccc(C)c2C(N)=S)C1. The number of hydrogen-bond donors (Lipinski definition) is 2. The van der Waals surface area contributed by atoms with Gasteiger partial charge >= 0.3 is 0 Å². The van der Waals surface area contributed by atoms with Crippen molar-refractivity contribution in [2.24, 2.45) is 5.73 Å². The van der Waals surface area contributed by atoms with Gasteiger partial charge in [-0.05, 0) is 38.3 Å². The van der Waals surface area contributed by atoms with Gasteiger partial charge in [0.2, 0.25) is 0 Å². The predicted molar refractivity (Wildman–Crippen MR) is 76.9 cm³/mol. The van der Waals surface area contributed by atoms with Crippen LogP contribution in [0.3, 0.4) is 0 Å². The molecule has 5 heteroatoms. The van der Waals surface area contributed by atoms with Gasteiger partial charge in [0.1, 0.15) is 10.8 Å². The number of aromatic nitrogens is 1. The van der Waals surface area contributed by atoms with Crippen molar-refractivity contribution in [3.05, 3.63) is 23.4 Å². The third-order valence-corrected chi connectivity index (χ3v) is 3.45. The first-order valence-corrected chi connectivity index (χ1v) is 6.66. The van der Waals surface area contributed by atoms with Crippen LogP contribution in [-0.2, 0) is 4.74 Å². The molecule has 0 aromatic carbocycles. The molecule has 0 atom stereocenters. The first-order valence-electron chi connectivity index (χ1n) is 6.25. The molecule has 0 bridgehead atoms. The predicted octanol–water partition coefficient (Wildman–Crippen LogP) is 2.00. The largest absolute Gasteiger partial charge is 0.389 e. The molecule has 3 N–H and O–H groups in total. The van der Waals surface area contributed by atoms with Crippen molar-refractivity contribution < 1.29 is 4.74 Å². The molecule has 1 aromatic rings. The van der Waals surface area contributed by atoms with Crippen LogP contribution in [-0.4, -0.2) is 28.7 Å². The van der Waals surface area contributed by atoms with Gasteiger partial charge in [0.05, 0.1) is 11.7 Å². The van der Waals surface area contributed by atoms with E-state index in [2.05, 4.69) is 10.3 Å². The lowest BCUT2D eigenvalue weighted by Crippen LogP contribution is -2.41. The fourth-order valence-corrected chi connectivity index (χ4v) is 2.49. The van der Waals surface area contributed by atoms with E-state index in [-0.39, 0.29) is 0 Å². The molecule has 1 aliphatic carbocycles. The Balaban J connectivity index is 2.02. The van der Waals surface area contributed by atoms with E-state index in [0.29, 0.717) is 17.1 Å². The Labute approximate surface area is 113 Å². The molecule has 0 aliphatic heterocycles. The molecule has 1 fully saturated rings. The normalized spacial score (nSPS) is 22.3. The zero-order valence-corrected chi connectivity index (χ0v) is 11.6. The minimum Gasteiger partial charge on any atom is -0.389 e. The van der Waals surface area contributed by atoms with Crippen LogP contribution in [0, 0.1) is 6.92 Å². The number of thiocarbonyl (C=S) groups is 1. The third kappa shape index (κ3) is 2.79. The second-order valence-corrected chi connectivity index (χ2v) is 5.05. The quantitative estimate of drug-likeness (QED) is 0.797. The molecule has 0 saturated heterocycles. The molecule has 1 saturated carbocycles. The highest BCUT2D eigenvalue weighted by Gasteiger charge is 2.30. The number of nitrogens with zero attached hydrogens (tertiary/aromatic N) is 1. The third-order valence-electron chi connectivity index (χ3n) is 3.24. The summed E-state index contributed by atoms with van der Waals surface area (Å²) in [5.74, 6) is 0.794. The summed E-state index contributed by atoms with van der Waals surface area (Å²) in [5.41, 5.74) is 7.66. The van der Waals surface area contributed by atoms with E-state index in [4.69, 9.17) is 22.7 Å². The van der Waals surface area contributed by atoms with E-state index in [9.17, 15) is 0 Å². The number of nitrogens with one attached hydrogen (secondary N) is 1. The van der Waals surface area contributed by atoms with E-state index in [0.717, 1.165) is 36.4 Å². The number of pyridine rings is 1. The van der Waals surface area contributed by atoms with E-state index < -0.39 is 0 Å². The second kappa shape index (κ2) is 5.63. The van der Waals surface area contributed by atoms with E-state index in [1.165, 1.54) is 0 Å². The molecular weight excluding hydrogens is 246 g/mol. The maximum absolute atomic E-state index is 5.75. The van der Waals surface area contributed by atoms with Gasteiger partial charge in [-0.2, -0.15) is 0 Å². The molecule has 0 spiro atoms. The maximum Gasteiger partial charge on any atom is 0.136 e. The topological polar surface area (TPSA) is 60.2 Å². The molecular formula is C13H19N3OS. The average Bonchev–Trinajstić information content (AvgIpc) is 2.25. The van der Waals surface area contributed by atoms with Crippen LogP contribution < -0.4 is 11.1 Å². The van der Waals surface area contributed by atoms with Crippen molar-refractivity contribution in [1.29, 1.82) is 0 Å². The molecule has 2 rings (SSSR count). The first-order chi connectivity index (χ1) is 8.61. The van der Waals surface area contributed by atoms with Gasteiger partial charge in [-0.3, -0.25) is 0 Å². The smallest absolute Gasteiger partial charge is 0.136 e. The fraction of sp³-hybridized carbons (Fsp3) is 0.538. The second-order valence-electron chi connectivity index (χ2n) is 4.61. The summed E-state index contributed by atoms with van der Waals surface area (Å²) in [6, 6.07) is 2.33. The van der Waals surface area contributed by atoms with Crippen molar-refractivity contribution in [1.82, 2.24) is 4.98 Å². The zero-order chi connectivity index (χ0) is 13.1. The molecule has 0 amide bonds. The molecule has 18 heavy (non-hydrogen) atoms. The Morgan fingerprint density at radius 2 is 2.33 bits per heavy atom. The molecule has 98 valence electrons. The van der Waals surface area contributed by atoms with Gasteiger partial charge in [-0.1, -0.05) is 12.2 Å². The lowest BCUT2D eigenvalue weighted by molar-refractivity contribution is 0.00292. The van der Waals surface area contributed by atoms with E-state index >= 15 is 0 Å². The van der Waals surface area contributed by atoms with Crippen LogP contribution in [0.4, 0.5) is 5.82 Å². The highest BCUT2D eigenvalue weighted by Crippen LogP contribution is 2.28. The minimum atomic E-state index is 0.380. The van der Waals surface area contributed by atoms with Crippen LogP contribution in [0.5, 0.6) is 0 Å². The summed E-state index contributed by atoms with van der Waals surface area (Å²) in [6.45, 7) is 4.79. The monoisotopic (exact) mass is 265 g/mol. The van der Waals surface area contributed by atoms with E-state index in [1.54, 1.807) is 6.20 Å². The molecule has 1 aliphatic rings. The molecule has 1 heterocycles. The van der Waals surface area contributed by atoms with Crippen LogP contribution in [0.1, 0.15) is 30.9 Å². The molecule has 4 nitrogen and oxygen atoms in total. The van der Waals surface area contributed by atoms with E-state index in [1.807, 2.05) is 19.9 Å². The number of hydrogen-bond acceptors (Lipinski definition) is 4. The highest BCUT2D eigenvalue weighted by atomic mass is 32.1. The van der Waals surface area contributed by atoms with Crippen molar-refractivity contribution in [3.63, 3.8) is 0 Å². The van der Waals surface area contributed by atoms with Crippen LogP contribution in [0.25, 0.3) is 0 Å². The Morgan fingerprint density at radius 3 is 2.94 bits per heavy atom. The van der Waals surface area contributed by atoms with Crippen molar-refractivity contribution in [2.75, 3.05) is 11.9 Å². The summed E-state index contributed by atoms with van der Waals surface area (Å²) in [4.78, 5) is 4.73. The lowest BCUT2D eigenvalue weighted by atomic mass is 9.89. The number of rotatable bonds is 5. The highest BCUT2D eigenvalue weighted by molar-refractivity contribution is 7.80. The maximum atomic E-state index is 5.75. The molecule has 1 aromatic heterocycles. The standard InChI is InChI=1S/C13H19N3OS/c1-3-17-10-6-9(7-10)16-13-11(12(14)18)8(2)4-5-15-13/h4-5,9-10H,3,6-7H2,1-2H3,(H2,14,18)(H,15,16). The number of aryl methyl sites for hydroxylation is 1. The minimum absolute atomic E-state index is 0.380. The fourth-order valence-electron chi connectivity index (χ4n) is 2.23. The van der Waals surface area contributed by atoms with Gasteiger partial charge in [-0.25, -0.2) is 4.98 Å². The Kier molecular flexibility index (Phi) is 4.14. The summed E-state index contributed by atoms with van der Waals surface area (Å²) in [6.07, 6.45) is 4.18.